The third kappa shape index (κ3) is 4.61. The van der Waals surface area contributed by atoms with Gasteiger partial charge in [-0.25, -0.2) is 0 Å². The lowest BCUT2D eigenvalue weighted by atomic mass is 10.3. The van der Waals surface area contributed by atoms with Gasteiger partial charge < -0.3 is 15.0 Å². The number of nitrogens with zero attached hydrogens (tertiary/aromatic N) is 1. The maximum Gasteiger partial charge on any atom is 0.260 e. The molecule has 1 aromatic rings. The molecule has 1 aromatic carbocycles. The summed E-state index contributed by atoms with van der Waals surface area (Å²) in [6, 6.07) is 4.90. The van der Waals surface area contributed by atoms with Crippen LogP contribution in [0.25, 0.3) is 0 Å². The Hall–Kier alpha value is -1.46. The van der Waals surface area contributed by atoms with Crippen molar-refractivity contribution >= 4 is 35.0 Å². The van der Waals surface area contributed by atoms with E-state index >= 15 is 0 Å². The zero-order valence-corrected chi connectivity index (χ0v) is 12.1. The molecular weight excluding hydrogens is 291 g/mol. The Bertz CT molecular complexity index is 480. The van der Waals surface area contributed by atoms with Gasteiger partial charge in [-0.15, -0.1) is 0 Å². The van der Waals surface area contributed by atoms with E-state index in [4.69, 9.17) is 27.9 Å². The van der Waals surface area contributed by atoms with Crippen LogP contribution in [0.4, 0.5) is 0 Å². The largest absolute Gasteiger partial charge is 0.482 e. The Kier molecular flexibility index (Phi) is 5.92. The number of benzene rings is 1. The van der Waals surface area contributed by atoms with Crippen LogP contribution in [0.2, 0.25) is 10.0 Å². The molecule has 2 amide bonds. The van der Waals surface area contributed by atoms with Crippen molar-refractivity contribution in [1.29, 1.82) is 0 Å². The molecule has 0 aliphatic heterocycles. The van der Waals surface area contributed by atoms with Crippen molar-refractivity contribution in [2.75, 3.05) is 27.2 Å². The van der Waals surface area contributed by atoms with Crippen molar-refractivity contribution in [2.24, 2.45) is 0 Å². The number of halogens is 2. The smallest absolute Gasteiger partial charge is 0.260 e. The molecule has 0 saturated heterocycles. The second kappa shape index (κ2) is 7.21. The van der Waals surface area contributed by atoms with E-state index in [9.17, 15) is 9.59 Å². The average molecular weight is 305 g/mol. The topological polar surface area (TPSA) is 58.6 Å². The highest BCUT2D eigenvalue weighted by Crippen LogP contribution is 2.31. The summed E-state index contributed by atoms with van der Waals surface area (Å²) in [6.07, 6.45) is 0. The van der Waals surface area contributed by atoms with Gasteiger partial charge in [0.05, 0.1) is 11.6 Å². The summed E-state index contributed by atoms with van der Waals surface area (Å²) in [7, 11) is 3.02. The average Bonchev–Trinajstić information content (AvgIpc) is 2.39. The van der Waals surface area contributed by atoms with Crippen LogP contribution in [-0.2, 0) is 9.59 Å². The van der Waals surface area contributed by atoms with Crippen LogP contribution in [0.3, 0.4) is 0 Å². The zero-order valence-electron chi connectivity index (χ0n) is 10.6. The molecular formula is C12H14Cl2N2O3. The standard InChI is InChI=1S/C12H14Cl2N2O3/c1-15-10(17)6-16(2)11(18)7-19-9-5-3-4-8(13)12(9)14/h3-5H,6-7H2,1-2H3,(H,15,17). The highest BCUT2D eigenvalue weighted by Gasteiger charge is 2.14. The molecule has 7 heteroatoms. The summed E-state index contributed by atoms with van der Waals surface area (Å²) in [5.74, 6) is -0.257. The number of likely N-dealkylation sites (N-methyl/N-ethyl adjacent to an activating group) is 2. The maximum atomic E-state index is 11.7. The molecule has 0 atom stereocenters. The zero-order chi connectivity index (χ0) is 14.4. The van der Waals surface area contributed by atoms with E-state index in [1.165, 1.54) is 19.0 Å². The highest BCUT2D eigenvalue weighted by molar-refractivity contribution is 6.42. The summed E-state index contributed by atoms with van der Waals surface area (Å²) in [6.45, 7) is -0.241. The third-order valence-corrected chi connectivity index (χ3v) is 3.15. The van der Waals surface area contributed by atoms with E-state index in [0.717, 1.165) is 0 Å². The Morgan fingerprint density at radius 1 is 1.37 bits per heavy atom. The van der Waals surface area contributed by atoms with E-state index in [1.807, 2.05) is 0 Å². The van der Waals surface area contributed by atoms with Gasteiger partial charge in [0.1, 0.15) is 10.8 Å². The summed E-state index contributed by atoms with van der Waals surface area (Å²) in [5.41, 5.74) is 0. The van der Waals surface area contributed by atoms with E-state index in [1.54, 1.807) is 18.2 Å². The molecule has 0 unspecified atom stereocenters. The number of amides is 2. The minimum atomic E-state index is -0.334. The molecule has 104 valence electrons. The molecule has 0 heterocycles. The summed E-state index contributed by atoms with van der Waals surface area (Å²) in [5, 5.41) is 3.04. The van der Waals surface area contributed by atoms with Crippen LogP contribution in [0.15, 0.2) is 18.2 Å². The molecule has 0 saturated carbocycles. The molecule has 1 rings (SSSR count). The fraction of sp³-hybridized carbons (Fsp3) is 0.333. The lowest BCUT2D eigenvalue weighted by Crippen LogP contribution is -2.39. The molecule has 0 radical (unpaired) electrons. The van der Waals surface area contributed by atoms with Gasteiger partial charge in [-0.3, -0.25) is 9.59 Å². The van der Waals surface area contributed by atoms with Crippen LogP contribution >= 0.6 is 23.2 Å². The van der Waals surface area contributed by atoms with Gasteiger partial charge in [-0.1, -0.05) is 29.3 Å². The Morgan fingerprint density at radius 3 is 2.68 bits per heavy atom. The minimum absolute atomic E-state index is 0.0258. The molecule has 0 aromatic heterocycles. The monoisotopic (exact) mass is 304 g/mol. The second-order valence-electron chi connectivity index (χ2n) is 3.76. The molecule has 0 fully saturated rings. The van der Waals surface area contributed by atoms with Crippen molar-refractivity contribution in [3.8, 4) is 5.75 Å². The van der Waals surface area contributed by atoms with Crippen molar-refractivity contribution in [2.45, 2.75) is 0 Å². The van der Waals surface area contributed by atoms with Crippen LogP contribution < -0.4 is 10.1 Å². The number of carbonyl (C=O) groups is 2. The first-order chi connectivity index (χ1) is 8.95. The van der Waals surface area contributed by atoms with Crippen molar-refractivity contribution in [3.63, 3.8) is 0 Å². The number of nitrogens with one attached hydrogen (secondary N) is 1. The maximum absolute atomic E-state index is 11.7. The molecule has 1 N–H and O–H groups in total. The predicted octanol–water partition coefficient (Wildman–Crippen LogP) is 1.58. The lowest BCUT2D eigenvalue weighted by Gasteiger charge is -2.16. The third-order valence-electron chi connectivity index (χ3n) is 2.35. The molecule has 0 aliphatic carbocycles. The Labute approximate surface area is 121 Å². The van der Waals surface area contributed by atoms with Gasteiger partial charge >= 0.3 is 0 Å². The van der Waals surface area contributed by atoms with Crippen LogP contribution in [0, 0.1) is 0 Å². The van der Waals surface area contributed by atoms with Crippen LogP contribution in [-0.4, -0.2) is 44.0 Å². The molecule has 5 nitrogen and oxygen atoms in total. The summed E-state index contributed by atoms with van der Waals surface area (Å²) in [4.78, 5) is 24.1. The van der Waals surface area contributed by atoms with Gasteiger partial charge in [0.2, 0.25) is 5.91 Å². The van der Waals surface area contributed by atoms with Crippen LogP contribution in [0.5, 0.6) is 5.75 Å². The van der Waals surface area contributed by atoms with Crippen molar-refractivity contribution in [1.82, 2.24) is 10.2 Å². The lowest BCUT2D eigenvalue weighted by molar-refractivity contribution is -0.136. The van der Waals surface area contributed by atoms with Crippen LogP contribution in [0.1, 0.15) is 0 Å². The first-order valence-corrected chi connectivity index (χ1v) is 6.22. The normalized spacial score (nSPS) is 9.89. The second-order valence-corrected chi connectivity index (χ2v) is 4.55. The SMILES string of the molecule is CNC(=O)CN(C)C(=O)COc1cccc(Cl)c1Cl. The first kappa shape index (κ1) is 15.6. The summed E-state index contributed by atoms with van der Waals surface area (Å²) >= 11 is 11.7. The Balaban J connectivity index is 2.54. The first-order valence-electron chi connectivity index (χ1n) is 5.47. The van der Waals surface area contributed by atoms with Crippen molar-refractivity contribution < 1.29 is 14.3 Å². The Morgan fingerprint density at radius 2 is 2.05 bits per heavy atom. The molecule has 19 heavy (non-hydrogen) atoms. The number of rotatable bonds is 5. The quantitative estimate of drug-likeness (QED) is 0.898. The molecule has 0 aliphatic rings. The minimum Gasteiger partial charge on any atom is -0.482 e. The fourth-order valence-electron chi connectivity index (χ4n) is 1.23. The predicted molar refractivity (Wildman–Crippen MR) is 73.7 cm³/mol. The number of hydrogen-bond donors (Lipinski definition) is 1. The highest BCUT2D eigenvalue weighted by atomic mass is 35.5. The number of carbonyl (C=O) groups excluding carboxylic acids is 2. The van der Waals surface area contributed by atoms with Crippen molar-refractivity contribution in [3.05, 3.63) is 28.2 Å². The molecule has 0 bridgehead atoms. The van der Waals surface area contributed by atoms with E-state index in [-0.39, 0.29) is 30.0 Å². The number of ether oxygens (including phenoxy) is 1. The number of hydrogen-bond acceptors (Lipinski definition) is 3. The summed E-state index contributed by atoms with van der Waals surface area (Å²) < 4.78 is 5.28. The van der Waals surface area contributed by atoms with E-state index < -0.39 is 0 Å². The van der Waals surface area contributed by atoms with Gasteiger partial charge in [0.15, 0.2) is 6.61 Å². The van der Waals surface area contributed by atoms with Gasteiger partial charge in [-0.2, -0.15) is 0 Å². The van der Waals surface area contributed by atoms with E-state index in [0.29, 0.717) is 10.8 Å². The van der Waals surface area contributed by atoms with E-state index in [2.05, 4.69) is 5.32 Å². The van der Waals surface area contributed by atoms with Gasteiger partial charge in [0, 0.05) is 14.1 Å². The molecule has 0 spiro atoms. The van der Waals surface area contributed by atoms with Gasteiger partial charge in [0.25, 0.3) is 5.91 Å². The van der Waals surface area contributed by atoms with Gasteiger partial charge in [-0.05, 0) is 12.1 Å². The fourth-order valence-corrected chi connectivity index (χ4v) is 1.57.